The van der Waals surface area contributed by atoms with Crippen molar-refractivity contribution in [1.29, 1.82) is 0 Å². The number of methoxy groups -OCH3 is 1. The minimum absolute atomic E-state index is 0.337. The smallest absolute Gasteiger partial charge is 0.255 e. The van der Waals surface area contributed by atoms with Gasteiger partial charge in [0.25, 0.3) is 5.91 Å². The molecule has 0 fully saturated rings. The first-order valence-corrected chi connectivity index (χ1v) is 6.96. The highest BCUT2D eigenvalue weighted by atomic mass is 35.5. The summed E-state index contributed by atoms with van der Waals surface area (Å²) in [5.41, 5.74) is 0.780. The van der Waals surface area contributed by atoms with Crippen LogP contribution in [0.2, 0.25) is 5.02 Å². The minimum atomic E-state index is -0.400. The van der Waals surface area contributed by atoms with E-state index in [-0.39, 0.29) is 5.91 Å². The molecule has 0 unspecified atom stereocenters. The Balaban J connectivity index is 2.14. The normalized spacial score (nSPS) is 10.3. The van der Waals surface area contributed by atoms with Crippen LogP contribution >= 0.6 is 11.6 Å². The van der Waals surface area contributed by atoms with Gasteiger partial charge in [-0.15, -0.1) is 0 Å². The fourth-order valence-corrected chi connectivity index (χ4v) is 1.93. The third-order valence-electron chi connectivity index (χ3n) is 2.84. The fourth-order valence-electron chi connectivity index (χ4n) is 1.76. The molecule has 0 aliphatic carbocycles. The molecule has 22 heavy (non-hydrogen) atoms. The van der Waals surface area contributed by atoms with Crippen LogP contribution in [0.3, 0.4) is 0 Å². The van der Waals surface area contributed by atoms with E-state index in [9.17, 15) is 9.18 Å². The summed E-state index contributed by atoms with van der Waals surface area (Å²) in [6, 6.07) is 10.2. The topological polar surface area (TPSA) is 47.6 Å². The number of hydrogen-bond acceptors (Lipinski definition) is 3. The maximum absolute atomic E-state index is 12.9. The summed E-state index contributed by atoms with van der Waals surface area (Å²) in [7, 11) is 1.57. The van der Waals surface area contributed by atoms with Crippen LogP contribution in [0.5, 0.6) is 5.75 Å². The van der Waals surface area contributed by atoms with Crippen LogP contribution in [-0.4, -0.2) is 26.2 Å². The molecule has 0 saturated carbocycles. The van der Waals surface area contributed by atoms with Crippen LogP contribution in [0.25, 0.3) is 0 Å². The molecule has 0 aliphatic heterocycles. The maximum atomic E-state index is 12.9. The number of amides is 1. The quantitative estimate of drug-likeness (QED) is 0.823. The molecule has 1 N–H and O–H groups in total. The lowest BCUT2D eigenvalue weighted by Gasteiger charge is -2.13. The van der Waals surface area contributed by atoms with E-state index in [1.54, 1.807) is 25.3 Å². The van der Waals surface area contributed by atoms with Crippen molar-refractivity contribution in [3.8, 4) is 5.75 Å². The van der Waals surface area contributed by atoms with Crippen molar-refractivity contribution in [2.24, 2.45) is 0 Å². The molecule has 2 rings (SSSR count). The molecule has 0 atom stereocenters. The van der Waals surface area contributed by atoms with Crippen LogP contribution < -0.4 is 10.1 Å². The van der Waals surface area contributed by atoms with Crippen molar-refractivity contribution in [2.75, 3.05) is 25.6 Å². The number of halogens is 2. The zero-order valence-electron chi connectivity index (χ0n) is 11.9. The lowest BCUT2D eigenvalue weighted by Crippen LogP contribution is -2.14. The van der Waals surface area contributed by atoms with Gasteiger partial charge in [-0.1, -0.05) is 11.6 Å². The predicted octanol–water partition coefficient (Wildman–Crippen LogP) is 3.76. The molecule has 0 aromatic heterocycles. The van der Waals surface area contributed by atoms with Gasteiger partial charge in [-0.05, 0) is 42.5 Å². The number of rotatable bonds is 6. The molecular formula is C16H15ClFNO3. The van der Waals surface area contributed by atoms with E-state index in [2.05, 4.69) is 5.32 Å². The Bertz CT molecular complexity index is 646. The third kappa shape index (κ3) is 4.44. The van der Waals surface area contributed by atoms with Crippen molar-refractivity contribution in [3.63, 3.8) is 0 Å². The highest BCUT2D eigenvalue weighted by Crippen LogP contribution is 2.28. The lowest BCUT2D eigenvalue weighted by atomic mass is 10.2. The summed E-state index contributed by atoms with van der Waals surface area (Å²) in [5.74, 6) is -0.293. The van der Waals surface area contributed by atoms with Crippen LogP contribution in [0.15, 0.2) is 42.5 Å². The van der Waals surface area contributed by atoms with E-state index in [1.165, 1.54) is 24.3 Å². The molecule has 2 aromatic carbocycles. The van der Waals surface area contributed by atoms with Gasteiger partial charge in [0.1, 0.15) is 18.2 Å². The summed E-state index contributed by atoms with van der Waals surface area (Å²) >= 11 is 5.95. The van der Waals surface area contributed by atoms with Gasteiger partial charge in [0.05, 0.1) is 12.3 Å². The minimum Gasteiger partial charge on any atom is -0.489 e. The molecule has 4 nitrogen and oxygen atoms in total. The van der Waals surface area contributed by atoms with Gasteiger partial charge in [0.15, 0.2) is 0 Å². The summed E-state index contributed by atoms with van der Waals surface area (Å²) in [5, 5.41) is 3.17. The number of benzene rings is 2. The van der Waals surface area contributed by atoms with E-state index in [4.69, 9.17) is 21.1 Å². The largest absolute Gasteiger partial charge is 0.489 e. The predicted molar refractivity (Wildman–Crippen MR) is 83.2 cm³/mol. The van der Waals surface area contributed by atoms with Crippen molar-refractivity contribution in [2.45, 2.75) is 0 Å². The van der Waals surface area contributed by atoms with Gasteiger partial charge < -0.3 is 14.8 Å². The first-order valence-electron chi connectivity index (χ1n) is 6.58. The van der Waals surface area contributed by atoms with E-state index in [1.807, 2.05) is 0 Å². The van der Waals surface area contributed by atoms with Crippen LogP contribution in [0.1, 0.15) is 10.4 Å². The first-order chi connectivity index (χ1) is 10.6. The summed E-state index contributed by atoms with van der Waals surface area (Å²) in [6.45, 7) is 0.769. The van der Waals surface area contributed by atoms with E-state index < -0.39 is 5.82 Å². The molecule has 2 aromatic rings. The second-order valence-electron chi connectivity index (χ2n) is 4.44. The van der Waals surface area contributed by atoms with Gasteiger partial charge >= 0.3 is 0 Å². The van der Waals surface area contributed by atoms with Crippen molar-refractivity contribution in [3.05, 3.63) is 58.9 Å². The third-order valence-corrected chi connectivity index (χ3v) is 3.08. The molecule has 6 heteroatoms. The van der Waals surface area contributed by atoms with Crippen molar-refractivity contribution < 1.29 is 18.7 Å². The average molecular weight is 324 g/mol. The summed E-state index contributed by atoms with van der Waals surface area (Å²) in [6.07, 6.45) is 0. The zero-order chi connectivity index (χ0) is 15.9. The monoisotopic (exact) mass is 323 g/mol. The van der Waals surface area contributed by atoms with E-state index in [0.717, 1.165) is 0 Å². The van der Waals surface area contributed by atoms with Crippen LogP contribution in [-0.2, 0) is 4.74 Å². The SMILES string of the molecule is COCCOc1ccc(Cl)cc1NC(=O)c1ccc(F)cc1. The molecule has 0 heterocycles. The highest BCUT2D eigenvalue weighted by Gasteiger charge is 2.11. The van der Waals surface area contributed by atoms with Gasteiger partial charge in [0, 0.05) is 17.7 Å². The second-order valence-corrected chi connectivity index (χ2v) is 4.88. The van der Waals surface area contributed by atoms with Gasteiger partial charge in [0.2, 0.25) is 0 Å². The van der Waals surface area contributed by atoms with Gasteiger partial charge in [-0.2, -0.15) is 0 Å². The number of carbonyl (C=O) groups is 1. The summed E-state index contributed by atoms with van der Waals surface area (Å²) < 4.78 is 23.3. The van der Waals surface area contributed by atoms with Crippen LogP contribution in [0.4, 0.5) is 10.1 Å². The fraction of sp³-hybridized carbons (Fsp3) is 0.188. The molecule has 1 amide bonds. The molecular weight excluding hydrogens is 309 g/mol. The Hall–Kier alpha value is -2.11. The number of anilines is 1. The zero-order valence-corrected chi connectivity index (χ0v) is 12.7. The first kappa shape index (κ1) is 16.3. The highest BCUT2D eigenvalue weighted by molar-refractivity contribution is 6.31. The Kier molecular flexibility index (Phi) is 5.75. The van der Waals surface area contributed by atoms with E-state index >= 15 is 0 Å². The molecule has 0 bridgehead atoms. The number of ether oxygens (including phenoxy) is 2. The lowest BCUT2D eigenvalue weighted by molar-refractivity contribution is 0.102. The van der Waals surface area contributed by atoms with Gasteiger partial charge in [-0.3, -0.25) is 4.79 Å². The Labute approximate surface area is 132 Å². The second kappa shape index (κ2) is 7.77. The van der Waals surface area contributed by atoms with Crippen molar-refractivity contribution >= 4 is 23.2 Å². The molecule has 0 radical (unpaired) electrons. The van der Waals surface area contributed by atoms with E-state index in [0.29, 0.717) is 35.2 Å². The number of carbonyl (C=O) groups excluding carboxylic acids is 1. The van der Waals surface area contributed by atoms with Crippen molar-refractivity contribution in [1.82, 2.24) is 0 Å². The Morgan fingerprint density at radius 2 is 1.91 bits per heavy atom. The molecule has 0 aliphatic rings. The summed E-state index contributed by atoms with van der Waals surface area (Å²) in [4.78, 5) is 12.2. The number of nitrogens with one attached hydrogen (secondary N) is 1. The Morgan fingerprint density at radius 3 is 2.59 bits per heavy atom. The number of hydrogen-bond donors (Lipinski definition) is 1. The standard InChI is InChI=1S/C16H15ClFNO3/c1-21-8-9-22-15-7-4-12(17)10-14(15)19-16(20)11-2-5-13(18)6-3-11/h2-7,10H,8-9H2,1H3,(H,19,20). The van der Waals surface area contributed by atoms with Gasteiger partial charge in [-0.25, -0.2) is 4.39 Å². The Morgan fingerprint density at radius 1 is 1.18 bits per heavy atom. The molecule has 0 saturated heterocycles. The average Bonchev–Trinajstić information content (AvgIpc) is 2.50. The van der Waals surface area contributed by atoms with Crippen LogP contribution in [0, 0.1) is 5.82 Å². The molecule has 0 spiro atoms. The maximum Gasteiger partial charge on any atom is 0.255 e. The molecule has 116 valence electrons.